The number of β-lactam (4-membered cyclic amide) rings is 1. The molecule has 37 heavy (non-hydrogen) atoms. The van der Waals surface area contributed by atoms with Crippen LogP contribution < -0.4 is 10.6 Å². The van der Waals surface area contributed by atoms with Crippen LogP contribution in [0.2, 0.25) is 4.47 Å². The Labute approximate surface area is 222 Å². The van der Waals surface area contributed by atoms with Crippen LogP contribution in [0.3, 0.4) is 0 Å². The number of carboxylic acids is 1. The van der Waals surface area contributed by atoms with Crippen molar-refractivity contribution in [2.75, 3.05) is 19.0 Å². The van der Waals surface area contributed by atoms with Crippen molar-refractivity contribution in [3.63, 3.8) is 0 Å². The third kappa shape index (κ3) is 6.44. The summed E-state index contributed by atoms with van der Waals surface area (Å²) in [6, 6.07) is 0. The van der Waals surface area contributed by atoms with Crippen molar-refractivity contribution in [1.82, 2.24) is 15.2 Å². The highest BCUT2D eigenvalue weighted by atomic mass is 35.5. The van der Waals surface area contributed by atoms with Gasteiger partial charge in [-0.25, -0.2) is 9.78 Å². The van der Waals surface area contributed by atoms with Gasteiger partial charge in [-0.15, -0.1) is 11.8 Å². The number of thiazole rings is 1. The third-order valence-corrected chi connectivity index (χ3v) is 7.26. The molecule has 2 aliphatic heterocycles. The van der Waals surface area contributed by atoms with Gasteiger partial charge in [0.25, 0.3) is 5.91 Å². The number of ketones is 1. The maximum Gasteiger partial charge on any atom is 0.352 e. The number of rotatable bonds is 10. The average Bonchev–Trinajstić information content (AvgIpc) is 3.13. The number of amides is 3. The van der Waals surface area contributed by atoms with Crippen molar-refractivity contribution in [1.29, 1.82) is 0 Å². The molecule has 198 valence electrons. The van der Waals surface area contributed by atoms with E-state index in [-0.39, 0.29) is 32.9 Å². The summed E-state index contributed by atoms with van der Waals surface area (Å²) >= 11 is 7.89. The molecular formula is C20H20ClN5O9S2. The molecule has 0 aromatic carbocycles. The second-order valence-corrected chi connectivity index (χ2v) is 10.4. The van der Waals surface area contributed by atoms with Gasteiger partial charge in [-0.3, -0.25) is 28.9 Å². The second kappa shape index (κ2) is 11.7. The summed E-state index contributed by atoms with van der Waals surface area (Å²) in [5.41, 5.74) is -1.02. The molecule has 1 fully saturated rings. The van der Waals surface area contributed by atoms with Gasteiger partial charge in [0.2, 0.25) is 11.8 Å². The van der Waals surface area contributed by atoms with E-state index >= 15 is 0 Å². The van der Waals surface area contributed by atoms with E-state index in [0.717, 1.165) is 28.0 Å². The molecule has 1 saturated heterocycles. The number of ether oxygens (including phenoxy) is 1. The molecule has 1 unspecified atom stereocenters. The van der Waals surface area contributed by atoms with Crippen molar-refractivity contribution >= 4 is 80.9 Å². The maximum atomic E-state index is 13.3. The van der Waals surface area contributed by atoms with Gasteiger partial charge in [-0.2, -0.15) is 0 Å². The molecule has 3 heterocycles. The molecule has 0 saturated carbocycles. The number of hydrogen-bond donors (Lipinski definition) is 3. The standard InChI is InChI=1S/C20H20ClN5O9S2/c1-7(27)4-12(30)35-6-9-15(19(32)33)26-10(29)5-11(26)36-17(9)24-16(31)13(25-34-3)14-18(22-8(2)28)37-20(21)23-14/h11,17H,4-6H2,1-3H3,(H,22,28)(H,24,31)(H,32,33)/b25-13-/t11-,17?/m1/s1. The van der Waals surface area contributed by atoms with Gasteiger partial charge in [0.05, 0.1) is 11.8 Å². The Morgan fingerprint density at radius 1 is 1.27 bits per heavy atom. The van der Waals surface area contributed by atoms with E-state index in [1.54, 1.807) is 0 Å². The van der Waals surface area contributed by atoms with E-state index in [1.165, 1.54) is 21.0 Å². The van der Waals surface area contributed by atoms with Crippen molar-refractivity contribution < 1.29 is 43.4 Å². The molecule has 1 aromatic heterocycles. The molecule has 3 N–H and O–H groups in total. The van der Waals surface area contributed by atoms with Gasteiger partial charge >= 0.3 is 11.9 Å². The summed E-state index contributed by atoms with van der Waals surface area (Å²) in [7, 11) is 1.18. The van der Waals surface area contributed by atoms with Crippen LogP contribution in [-0.2, 0) is 38.3 Å². The number of aliphatic carboxylic acids is 1. The van der Waals surface area contributed by atoms with Gasteiger partial charge in [0.15, 0.2) is 10.2 Å². The van der Waals surface area contributed by atoms with Gasteiger partial charge in [0.1, 0.15) is 47.7 Å². The van der Waals surface area contributed by atoms with Crippen LogP contribution >= 0.6 is 34.7 Å². The molecule has 17 heteroatoms. The van der Waals surface area contributed by atoms with Crippen LogP contribution in [0.15, 0.2) is 16.4 Å². The molecule has 3 rings (SSSR count). The Morgan fingerprint density at radius 2 is 1.97 bits per heavy atom. The third-order valence-electron chi connectivity index (χ3n) is 4.82. The topological polar surface area (TPSA) is 194 Å². The van der Waals surface area contributed by atoms with Gasteiger partial charge in [-0.1, -0.05) is 28.1 Å². The van der Waals surface area contributed by atoms with Crippen LogP contribution in [0.4, 0.5) is 5.00 Å². The number of nitrogens with zero attached hydrogens (tertiary/aromatic N) is 3. The largest absolute Gasteiger partial charge is 0.477 e. The molecule has 14 nitrogen and oxygen atoms in total. The lowest BCUT2D eigenvalue weighted by molar-refractivity contribution is -0.147. The number of nitrogens with one attached hydrogen (secondary N) is 2. The van der Waals surface area contributed by atoms with Crippen LogP contribution in [0.25, 0.3) is 0 Å². The number of Topliss-reactive ketones (excluding diaryl/α,β-unsaturated/α-hetero) is 1. The van der Waals surface area contributed by atoms with Crippen LogP contribution in [0, 0.1) is 0 Å². The zero-order valence-corrected chi connectivity index (χ0v) is 21.9. The highest BCUT2D eigenvalue weighted by molar-refractivity contribution is 8.00. The number of carbonyl (C=O) groups excluding carboxylic acids is 5. The number of carbonyl (C=O) groups is 6. The van der Waals surface area contributed by atoms with E-state index in [0.29, 0.717) is 0 Å². The lowest BCUT2D eigenvalue weighted by Gasteiger charge is -2.46. The number of fused-ring (bicyclic) bond motifs is 1. The van der Waals surface area contributed by atoms with Gasteiger partial charge < -0.3 is 25.3 Å². The average molecular weight is 574 g/mol. The lowest BCUT2D eigenvalue weighted by atomic mass is 10.1. The van der Waals surface area contributed by atoms with Crippen molar-refractivity contribution in [2.24, 2.45) is 5.16 Å². The van der Waals surface area contributed by atoms with E-state index in [2.05, 4.69) is 20.8 Å². The Hall–Kier alpha value is -3.50. The molecule has 0 bridgehead atoms. The number of oxime groups is 1. The molecule has 3 amide bonds. The lowest BCUT2D eigenvalue weighted by Crippen LogP contribution is -2.58. The summed E-state index contributed by atoms with van der Waals surface area (Å²) in [5, 5.41) is 17.1. The first kappa shape index (κ1) is 28.1. The summed E-state index contributed by atoms with van der Waals surface area (Å²) in [6.07, 6.45) is -0.509. The van der Waals surface area contributed by atoms with Crippen LogP contribution in [0.5, 0.6) is 0 Å². The predicted molar refractivity (Wildman–Crippen MR) is 131 cm³/mol. The summed E-state index contributed by atoms with van der Waals surface area (Å²) < 4.78 is 5.07. The number of esters is 1. The van der Waals surface area contributed by atoms with Crippen molar-refractivity contribution in [3.05, 3.63) is 21.4 Å². The highest BCUT2D eigenvalue weighted by Gasteiger charge is 2.49. The monoisotopic (exact) mass is 573 g/mol. The fourth-order valence-electron chi connectivity index (χ4n) is 3.37. The van der Waals surface area contributed by atoms with E-state index < -0.39 is 64.9 Å². The van der Waals surface area contributed by atoms with Crippen LogP contribution in [0.1, 0.15) is 32.4 Å². The minimum absolute atomic E-state index is 0.00264. The first-order valence-electron chi connectivity index (χ1n) is 10.4. The smallest absolute Gasteiger partial charge is 0.352 e. The fourth-order valence-corrected chi connectivity index (χ4v) is 5.84. The molecule has 0 aliphatic carbocycles. The molecule has 0 spiro atoms. The Kier molecular flexibility index (Phi) is 8.88. The molecule has 0 radical (unpaired) electrons. The zero-order chi connectivity index (χ0) is 27.4. The minimum atomic E-state index is -1.47. The number of hydrogen-bond acceptors (Lipinski definition) is 12. The maximum absolute atomic E-state index is 13.3. The van der Waals surface area contributed by atoms with Crippen LogP contribution in [-0.4, -0.2) is 80.6 Å². The first-order valence-corrected chi connectivity index (χ1v) is 12.5. The van der Waals surface area contributed by atoms with Crippen molar-refractivity contribution in [3.8, 4) is 0 Å². The Morgan fingerprint density at radius 3 is 2.54 bits per heavy atom. The molecule has 2 atom stereocenters. The van der Waals surface area contributed by atoms with Gasteiger partial charge in [0, 0.05) is 12.5 Å². The van der Waals surface area contributed by atoms with Crippen molar-refractivity contribution in [2.45, 2.75) is 37.4 Å². The van der Waals surface area contributed by atoms with Gasteiger partial charge in [-0.05, 0) is 6.92 Å². The number of halogens is 1. The highest BCUT2D eigenvalue weighted by Crippen LogP contribution is 2.43. The minimum Gasteiger partial charge on any atom is -0.477 e. The number of carboxylic acid groups (broad SMARTS) is 1. The normalized spacial score (nSPS) is 19.0. The fraction of sp³-hybridized carbons (Fsp3) is 0.400. The Bertz CT molecular complexity index is 1240. The summed E-state index contributed by atoms with van der Waals surface area (Å²) in [4.78, 5) is 82.1. The summed E-state index contributed by atoms with van der Waals surface area (Å²) in [6.45, 7) is 1.81. The molecule has 1 aromatic rings. The van der Waals surface area contributed by atoms with E-state index in [9.17, 15) is 33.9 Å². The summed E-state index contributed by atoms with van der Waals surface area (Å²) in [5.74, 6) is -4.64. The molecule has 2 aliphatic rings. The first-order chi connectivity index (χ1) is 17.4. The second-order valence-electron chi connectivity index (χ2n) is 7.58. The molecular weight excluding hydrogens is 554 g/mol. The number of anilines is 1. The quantitative estimate of drug-likeness (QED) is 0.117. The number of aromatic nitrogens is 1. The predicted octanol–water partition coefficient (Wildman–Crippen LogP) is 0.714. The Balaban J connectivity index is 1.95. The SMILES string of the molecule is CO/N=C(\C(=O)NC1S[C@@H]2CC(=O)N2C(C(=O)O)=C1COC(=O)CC(C)=O)c1nc(Cl)sc1NC(C)=O. The van der Waals surface area contributed by atoms with E-state index in [1.807, 2.05) is 0 Å². The number of thioether (sulfide) groups is 1. The zero-order valence-electron chi connectivity index (χ0n) is 19.5. The van der Waals surface area contributed by atoms with E-state index in [4.69, 9.17) is 21.2 Å².